The molecule has 0 spiro atoms. The summed E-state index contributed by atoms with van der Waals surface area (Å²) in [7, 11) is 3.32. The first kappa shape index (κ1) is 25.2. The molecule has 2 aromatic carbocycles. The first-order valence-electron chi connectivity index (χ1n) is 11.9. The Morgan fingerprint density at radius 2 is 1.94 bits per heavy atom. The van der Waals surface area contributed by atoms with E-state index in [-0.39, 0.29) is 11.9 Å². The van der Waals surface area contributed by atoms with E-state index in [0.29, 0.717) is 13.2 Å². The van der Waals surface area contributed by atoms with Crippen molar-refractivity contribution in [3.63, 3.8) is 0 Å². The van der Waals surface area contributed by atoms with Gasteiger partial charge in [-0.1, -0.05) is 24.3 Å². The number of benzene rings is 2. The lowest BCUT2D eigenvalue weighted by Crippen LogP contribution is -2.35. The number of aryl methyl sites for hydroxylation is 1. The minimum absolute atomic E-state index is 0.0714. The molecule has 0 aliphatic heterocycles. The van der Waals surface area contributed by atoms with E-state index >= 15 is 0 Å². The predicted octanol–water partition coefficient (Wildman–Crippen LogP) is 3.24. The number of rotatable bonds is 8. The Kier molecular flexibility index (Phi) is 7.85. The normalized spacial score (nSPS) is 14.0. The molecule has 2 heterocycles. The highest BCUT2D eigenvalue weighted by Gasteiger charge is 2.13. The van der Waals surface area contributed by atoms with E-state index in [0.717, 1.165) is 44.6 Å². The van der Waals surface area contributed by atoms with Crippen molar-refractivity contribution in [1.29, 1.82) is 0 Å². The number of nitrogens with zero attached hydrogens (tertiary/aromatic N) is 4. The fraction of sp³-hybridized carbons (Fsp3) is 0.286. The largest absolute Gasteiger partial charge is 0.495 e. The second-order valence-electron chi connectivity index (χ2n) is 8.51. The van der Waals surface area contributed by atoms with E-state index in [1.165, 1.54) is 12.1 Å². The SMILES string of the molecule is C/C=c1/c(=C/c2ccc(-n3cnc(C)c3)c(OC)c2)[nH]/c(=N\CCOC)n1[C@@H](C)c1ccc(F)cc1. The first-order chi connectivity index (χ1) is 17.4. The number of methoxy groups -OCH3 is 2. The van der Waals surface area contributed by atoms with Crippen LogP contribution in [0.15, 0.2) is 60.0 Å². The topological polar surface area (TPSA) is 69.4 Å². The highest BCUT2D eigenvalue weighted by atomic mass is 19.1. The lowest BCUT2D eigenvalue weighted by molar-refractivity contribution is 0.207. The van der Waals surface area contributed by atoms with Crippen molar-refractivity contribution < 1.29 is 13.9 Å². The van der Waals surface area contributed by atoms with Crippen molar-refractivity contribution in [3.8, 4) is 11.4 Å². The fourth-order valence-corrected chi connectivity index (χ4v) is 4.25. The highest BCUT2D eigenvalue weighted by molar-refractivity contribution is 5.58. The van der Waals surface area contributed by atoms with Crippen molar-refractivity contribution in [2.75, 3.05) is 27.4 Å². The number of aromatic nitrogens is 4. The van der Waals surface area contributed by atoms with Gasteiger partial charge >= 0.3 is 0 Å². The standard InChI is InChI=1S/C28H32FN5O2/c1-6-25-24(15-21-7-12-26(27(16-21)36-5)33-17-19(2)31-18-33)32-28(30-13-14-35-4)34(25)20(3)22-8-10-23(29)11-9-22/h6-12,15-18,20H,13-14H2,1-5H3,(H,30,32)/b24-15-,25-6-/t20-/m0/s1. The van der Waals surface area contributed by atoms with Crippen LogP contribution >= 0.6 is 0 Å². The summed E-state index contributed by atoms with van der Waals surface area (Å²) in [6.07, 6.45) is 7.87. The Morgan fingerprint density at radius 1 is 1.17 bits per heavy atom. The van der Waals surface area contributed by atoms with Gasteiger partial charge in [0.05, 0.1) is 54.7 Å². The molecule has 188 valence electrons. The van der Waals surface area contributed by atoms with Gasteiger partial charge in [0.15, 0.2) is 0 Å². The number of aromatic amines is 1. The summed E-state index contributed by atoms with van der Waals surface area (Å²) >= 11 is 0. The zero-order valence-electron chi connectivity index (χ0n) is 21.3. The van der Waals surface area contributed by atoms with Gasteiger partial charge in [-0.05, 0) is 62.2 Å². The van der Waals surface area contributed by atoms with E-state index in [2.05, 4.69) is 33.6 Å². The number of hydrogen-bond acceptors (Lipinski definition) is 4. The smallest absolute Gasteiger partial charge is 0.203 e. The molecule has 0 radical (unpaired) electrons. The van der Waals surface area contributed by atoms with E-state index in [1.54, 1.807) is 20.5 Å². The molecular formula is C28H32FN5O2. The molecule has 4 rings (SSSR count). The zero-order valence-corrected chi connectivity index (χ0v) is 21.3. The molecule has 0 aliphatic carbocycles. The number of halogens is 1. The molecule has 0 saturated carbocycles. The number of H-pyrrole nitrogens is 1. The van der Waals surface area contributed by atoms with E-state index < -0.39 is 0 Å². The second kappa shape index (κ2) is 11.2. The van der Waals surface area contributed by atoms with Crippen LogP contribution < -0.4 is 21.1 Å². The van der Waals surface area contributed by atoms with E-state index in [9.17, 15) is 4.39 Å². The van der Waals surface area contributed by atoms with Gasteiger partial charge in [0.25, 0.3) is 0 Å². The Morgan fingerprint density at radius 3 is 2.58 bits per heavy atom. The summed E-state index contributed by atoms with van der Waals surface area (Å²) < 4.78 is 28.5. The summed E-state index contributed by atoms with van der Waals surface area (Å²) in [6.45, 7) is 7.07. The van der Waals surface area contributed by atoms with Gasteiger partial charge in [0.2, 0.25) is 5.62 Å². The number of imidazole rings is 2. The Balaban J connectivity index is 1.85. The molecule has 0 amide bonds. The molecule has 4 aromatic rings. The molecule has 36 heavy (non-hydrogen) atoms. The average molecular weight is 490 g/mol. The van der Waals surface area contributed by atoms with Crippen LogP contribution in [-0.2, 0) is 4.74 Å². The first-order valence-corrected chi connectivity index (χ1v) is 11.9. The molecule has 0 bridgehead atoms. The molecule has 7 nitrogen and oxygen atoms in total. The van der Waals surface area contributed by atoms with Crippen molar-refractivity contribution >= 4 is 12.2 Å². The van der Waals surface area contributed by atoms with Crippen LogP contribution in [0.2, 0.25) is 0 Å². The summed E-state index contributed by atoms with van der Waals surface area (Å²) in [4.78, 5) is 12.6. The molecule has 2 aromatic heterocycles. The lowest BCUT2D eigenvalue weighted by Gasteiger charge is -2.15. The van der Waals surface area contributed by atoms with Crippen LogP contribution in [0.1, 0.15) is 36.7 Å². The van der Waals surface area contributed by atoms with Gasteiger partial charge in [0, 0.05) is 13.3 Å². The summed E-state index contributed by atoms with van der Waals surface area (Å²) in [6, 6.07) is 12.6. The number of hydrogen-bond donors (Lipinski definition) is 1. The van der Waals surface area contributed by atoms with Crippen LogP contribution in [0, 0.1) is 12.7 Å². The molecule has 8 heteroatoms. The third-order valence-corrected chi connectivity index (χ3v) is 6.08. The summed E-state index contributed by atoms with van der Waals surface area (Å²) in [5, 5.41) is 1.90. The maximum Gasteiger partial charge on any atom is 0.203 e. The third kappa shape index (κ3) is 5.33. The zero-order chi connectivity index (χ0) is 25.7. The third-order valence-electron chi connectivity index (χ3n) is 6.08. The molecule has 0 saturated heterocycles. The van der Waals surface area contributed by atoms with Gasteiger partial charge in [-0.2, -0.15) is 0 Å². The minimum Gasteiger partial charge on any atom is -0.495 e. The summed E-state index contributed by atoms with van der Waals surface area (Å²) in [5.74, 6) is 0.488. The van der Waals surface area contributed by atoms with Gasteiger partial charge in [-0.25, -0.2) is 9.37 Å². The van der Waals surface area contributed by atoms with E-state index in [1.807, 2.05) is 54.9 Å². The lowest BCUT2D eigenvalue weighted by atomic mass is 10.1. The Labute approximate surface area is 209 Å². The Hall–Kier alpha value is -3.91. The Bertz CT molecular complexity index is 1510. The fourth-order valence-electron chi connectivity index (χ4n) is 4.25. The van der Waals surface area contributed by atoms with Crippen molar-refractivity contribution in [2.45, 2.75) is 26.8 Å². The van der Waals surface area contributed by atoms with Crippen LogP contribution in [0.5, 0.6) is 5.75 Å². The molecule has 0 fully saturated rings. The maximum atomic E-state index is 13.6. The van der Waals surface area contributed by atoms with E-state index in [4.69, 9.17) is 14.5 Å². The number of nitrogens with one attached hydrogen (secondary N) is 1. The molecule has 1 N–H and O–H groups in total. The highest BCUT2D eigenvalue weighted by Crippen LogP contribution is 2.24. The molecule has 1 atom stereocenters. The monoisotopic (exact) mass is 489 g/mol. The van der Waals surface area contributed by atoms with Gasteiger partial charge in [0.1, 0.15) is 11.6 Å². The van der Waals surface area contributed by atoms with Crippen molar-refractivity contribution in [2.24, 2.45) is 4.99 Å². The maximum absolute atomic E-state index is 13.6. The van der Waals surface area contributed by atoms with Crippen molar-refractivity contribution in [3.05, 3.63) is 93.9 Å². The van der Waals surface area contributed by atoms with Crippen LogP contribution in [0.3, 0.4) is 0 Å². The average Bonchev–Trinajstić information content (AvgIpc) is 3.47. The van der Waals surface area contributed by atoms with Gasteiger partial charge in [-0.15, -0.1) is 0 Å². The van der Waals surface area contributed by atoms with Crippen LogP contribution in [-0.4, -0.2) is 46.5 Å². The molecular weight excluding hydrogens is 457 g/mol. The second-order valence-corrected chi connectivity index (χ2v) is 8.51. The van der Waals surface area contributed by atoms with Gasteiger partial charge < -0.3 is 23.6 Å². The van der Waals surface area contributed by atoms with Crippen LogP contribution in [0.25, 0.3) is 17.8 Å². The molecule has 0 unspecified atom stereocenters. The summed E-state index contributed by atoms with van der Waals surface area (Å²) in [5.41, 5.74) is 4.54. The quantitative estimate of drug-likeness (QED) is 0.387. The molecule has 0 aliphatic rings. The number of ether oxygens (including phenoxy) is 2. The van der Waals surface area contributed by atoms with Crippen LogP contribution in [0.4, 0.5) is 4.39 Å². The minimum atomic E-state index is -0.255. The van der Waals surface area contributed by atoms with Crippen molar-refractivity contribution in [1.82, 2.24) is 19.1 Å². The predicted molar refractivity (Wildman–Crippen MR) is 139 cm³/mol. The van der Waals surface area contributed by atoms with Gasteiger partial charge in [-0.3, -0.25) is 4.99 Å².